The van der Waals surface area contributed by atoms with Crippen LogP contribution in [-0.4, -0.2) is 42.8 Å². The van der Waals surface area contributed by atoms with Crippen LogP contribution in [0.3, 0.4) is 0 Å². The molecule has 0 aliphatic carbocycles. The number of Topliss-reactive ketones (excluding diaryl/α,β-unsaturated/α-hetero) is 1. The summed E-state index contributed by atoms with van der Waals surface area (Å²) in [5.41, 5.74) is 1.46. The molecule has 11 heteroatoms. The number of rotatable bonds is 13. The fraction of sp³-hybridized carbons (Fsp3) is 0.464. The van der Waals surface area contributed by atoms with Gasteiger partial charge in [0.2, 0.25) is 0 Å². The van der Waals surface area contributed by atoms with Crippen molar-refractivity contribution in [3.05, 3.63) is 71.8 Å². The molecule has 1 aliphatic rings. The van der Waals surface area contributed by atoms with Gasteiger partial charge in [-0.25, -0.2) is 4.57 Å². The Hall–Kier alpha value is -2.88. The maximum Gasteiger partial charge on any atom is 0.477 e. The molecule has 0 radical (unpaired) electrons. The molecule has 5 atom stereocenters. The van der Waals surface area contributed by atoms with E-state index in [1.165, 1.54) is 20.8 Å². The lowest BCUT2D eigenvalue weighted by atomic mass is 9.82. The van der Waals surface area contributed by atoms with Gasteiger partial charge in [-0.2, -0.15) is 0 Å². The molecule has 3 rings (SSSR count). The number of phosphoric acid groups is 1. The van der Waals surface area contributed by atoms with E-state index in [1.807, 2.05) is 36.4 Å². The standard InChI is InChI=1S/C28H35O10P/c1-19(29)15-25-27(36-22(4)31)20(2)26(18-33-21(3)30)37-28(25)38-39(32,34-16-23-11-7-5-8-12-23)35-17-24-13-9-6-10-14-24/h5-14,20,25-28H,15-18H2,1-4H3/t20-,25?,26?,27-,28+/m0/s1. The highest BCUT2D eigenvalue weighted by atomic mass is 31.2. The van der Waals surface area contributed by atoms with Crippen LogP contribution in [0, 0.1) is 11.8 Å². The predicted molar refractivity (Wildman–Crippen MR) is 140 cm³/mol. The second kappa shape index (κ2) is 14.5. The summed E-state index contributed by atoms with van der Waals surface area (Å²) in [6.07, 6.45) is -3.08. The summed E-state index contributed by atoms with van der Waals surface area (Å²) in [7, 11) is -4.33. The van der Waals surface area contributed by atoms with E-state index in [1.54, 1.807) is 31.2 Å². The molecule has 0 aromatic heterocycles. The second-order valence-electron chi connectivity index (χ2n) is 9.42. The Balaban J connectivity index is 1.91. The molecule has 10 nitrogen and oxygen atoms in total. The van der Waals surface area contributed by atoms with Crippen LogP contribution in [0.25, 0.3) is 0 Å². The summed E-state index contributed by atoms with van der Waals surface area (Å²) in [5.74, 6) is -2.63. The summed E-state index contributed by atoms with van der Waals surface area (Å²) in [6, 6.07) is 18.1. The van der Waals surface area contributed by atoms with Gasteiger partial charge in [0.15, 0.2) is 6.29 Å². The van der Waals surface area contributed by atoms with Gasteiger partial charge in [-0.05, 0) is 18.1 Å². The molecule has 1 saturated heterocycles. The number of benzene rings is 2. The van der Waals surface area contributed by atoms with Gasteiger partial charge < -0.3 is 19.0 Å². The van der Waals surface area contributed by atoms with Crippen molar-refractivity contribution in [3.63, 3.8) is 0 Å². The molecule has 0 spiro atoms. The molecular weight excluding hydrogens is 527 g/mol. The largest absolute Gasteiger partial charge is 0.477 e. The number of carbonyl (C=O) groups excluding carboxylic acids is 3. The summed E-state index contributed by atoms with van der Waals surface area (Å²) in [5, 5.41) is 0. The third-order valence-corrected chi connectivity index (χ3v) is 7.52. The first-order valence-electron chi connectivity index (χ1n) is 12.7. The Morgan fingerprint density at radius 2 is 1.38 bits per heavy atom. The molecule has 212 valence electrons. The van der Waals surface area contributed by atoms with Crippen molar-refractivity contribution in [1.29, 1.82) is 0 Å². The molecule has 1 heterocycles. The van der Waals surface area contributed by atoms with Crippen LogP contribution < -0.4 is 0 Å². The van der Waals surface area contributed by atoms with Crippen molar-refractivity contribution >= 4 is 25.5 Å². The number of esters is 2. The molecular formula is C28H35O10P. The Kier molecular flexibility index (Phi) is 11.4. The topological polar surface area (TPSA) is 124 Å². The molecule has 1 fully saturated rings. The fourth-order valence-corrected chi connectivity index (χ4v) is 5.53. The fourth-order valence-electron chi connectivity index (χ4n) is 4.26. The maximum absolute atomic E-state index is 14.0. The minimum absolute atomic E-state index is 0.0857. The highest BCUT2D eigenvalue weighted by molar-refractivity contribution is 7.48. The Morgan fingerprint density at radius 1 is 0.846 bits per heavy atom. The highest BCUT2D eigenvalue weighted by Crippen LogP contribution is 2.54. The minimum atomic E-state index is -4.33. The molecule has 0 N–H and O–H groups in total. The monoisotopic (exact) mass is 562 g/mol. The lowest BCUT2D eigenvalue weighted by Gasteiger charge is -2.44. The average Bonchev–Trinajstić information content (AvgIpc) is 2.90. The van der Waals surface area contributed by atoms with Gasteiger partial charge in [0.05, 0.1) is 19.1 Å². The Morgan fingerprint density at radius 3 is 1.85 bits per heavy atom. The zero-order valence-corrected chi connectivity index (χ0v) is 23.4. The van der Waals surface area contributed by atoms with Crippen LogP contribution in [0.2, 0.25) is 0 Å². The van der Waals surface area contributed by atoms with E-state index in [0.29, 0.717) is 0 Å². The molecule has 39 heavy (non-hydrogen) atoms. The van der Waals surface area contributed by atoms with E-state index in [9.17, 15) is 18.9 Å². The second-order valence-corrected chi connectivity index (χ2v) is 11.0. The van der Waals surface area contributed by atoms with Crippen molar-refractivity contribution in [1.82, 2.24) is 0 Å². The van der Waals surface area contributed by atoms with Gasteiger partial charge >= 0.3 is 19.8 Å². The summed E-state index contributed by atoms with van der Waals surface area (Å²) < 4.78 is 48.2. The van der Waals surface area contributed by atoms with Gasteiger partial charge in [-0.3, -0.25) is 23.2 Å². The van der Waals surface area contributed by atoms with Crippen LogP contribution in [-0.2, 0) is 59.9 Å². The van der Waals surface area contributed by atoms with Crippen molar-refractivity contribution < 1.29 is 46.7 Å². The third-order valence-electron chi connectivity index (χ3n) is 6.16. The lowest BCUT2D eigenvalue weighted by molar-refractivity contribution is -0.254. The smallest absolute Gasteiger partial charge is 0.463 e. The molecule has 0 amide bonds. The van der Waals surface area contributed by atoms with Crippen LogP contribution in [0.1, 0.15) is 45.2 Å². The average molecular weight is 563 g/mol. The number of hydrogen-bond donors (Lipinski definition) is 0. The van der Waals surface area contributed by atoms with Crippen molar-refractivity contribution in [2.75, 3.05) is 6.61 Å². The lowest BCUT2D eigenvalue weighted by Crippen LogP contribution is -2.54. The zero-order valence-electron chi connectivity index (χ0n) is 22.5. The third kappa shape index (κ3) is 9.67. The molecule has 2 aromatic carbocycles. The van der Waals surface area contributed by atoms with Crippen LogP contribution in [0.15, 0.2) is 60.7 Å². The zero-order chi connectivity index (χ0) is 28.4. The first-order valence-corrected chi connectivity index (χ1v) is 14.1. The summed E-state index contributed by atoms with van der Waals surface area (Å²) >= 11 is 0. The SMILES string of the molecule is CC(=O)CC1[C@@H](OP(=O)(OCc2ccccc2)OCc2ccccc2)OC(COC(C)=O)[C@H](C)[C@@H]1OC(C)=O. The van der Waals surface area contributed by atoms with Gasteiger partial charge in [0.25, 0.3) is 0 Å². The number of ketones is 1. The van der Waals surface area contributed by atoms with Crippen molar-refractivity contribution in [2.24, 2.45) is 11.8 Å². The van der Waals surface area contributed by atoms with E-state index in [-0.39, 0.29) is 32.0 Å². The van der Waals surface area contributed by atoms with Gasteiger partial charge in [-0.1, -0.05) is 67.6 Å². The minimum Gasteiger partial charge on any atom is -0.463 e. The van der Waals surface area contributed by atoms with Crippen LogP contribution >= 0.6 is 7.82 Å². The molecule has 0 saturated carbocycles. The summed E-state index contributed by atoms with van der Waals surface area (Å²) in [4.78, 5) is 35.7. The molecule has 2 aromatic rings. The van der Waals surface area contributed by atoms with Crippen LogP contribution in [0.5, 0.6) is 0 Å². The van der Waals surface area contributed by atoms with E-state index >= 15 is 0 Å². The first kappa shape index (κ1) is 30.7. The van der Waals surface area contributed by atoms with Crippen molar-refractivity contribution in [2.45, 2.75) is 65.8 Å². The normalized spacial score (nSPS) is 23.1. The maximum atomic E-state index is 14.0. The quantitative estimate of drug-likeness (QED) is 0.243. The predicted octanol–water partition coefficient (Wildman–Crippen LogP) is 5.00. The van der Waals surface area contributed by atoms with Crippen LogP contribution in [0.4, 0.5) is 0 Å². The van der Waals surface area contributed by atoms with E-state index in [4.69, 9.17) is 27.8 Å². The number of ether oxygens (including phenoxy) is 3. The first-order chi connectivity index (χ1) is 18.6. The molecule has 2 unspecified atom stereocenters. The van der Waals surface area contributed by atoms with Gasteiger partial charge in [0, 0.05) is 26.2 Å². The highest BCUT2D eigenvalue weighted by Gasteiger charge is 2.50. The Bertz CT molecular complexity index is 1090. The van der Waals surface area contributed by atoms with E-state index < -0.39 is 50.1 Å². The van der Waals surface area contributed by atoms with E-state index in [2.05, 4.69) is 0 Å². The van der Waals surface area contributed by atoms with Crippen molar-refractivity contribution in [3.8, 4) is 0 Å². The number of phosphoric ester groups is 1. The van der Waals surface area contributed by atoms with Gasteiger partial charge in [0.1, 0.15) is 24.6 Å². The molecule has 0 bridgehead atoms. The van der Waals surface area contributed by atoms with E-state index in [0.717, 1.165) is 11.1 Å². The van der Waals surface area contributed by atoms with Gasteiger partial charge in [-0.15, -0.1) is 0 Å². The summed E-state index contributed by atoms with van der Waals surface area (Å²) in [6.45, 7) is 5.31. The number of carbonyl (C=O) groups is 3. The molecule has 1 aliphatic heterocycles. The number of hydrogen-bond acceptors (Lipinski definition) is 10. The Labute approximate surface area is 228 Å².